The topological polar surface area (TPSA) is 93.7 Å². The molecule has 154 valence electrons. The van der Waals surface area contributed by atoms with E-state index < -0.39 is 10.8 Å². The van der Waals surface area contributed by atoms with Gasteiger partial charge in [0.2, 0.25) is 5.95 Å². The number of aryl methyl sites for hydroxylation is 1. The number of carbonyl (C=O) groups excluding carboxylic acids is 1. The lowest BCUT2D eigenvalue weighted by Gasteiger charge is -2.38. The molecule has 8 nitrogen and oxygen atoms in total. The number of nitrogens with one attached hydrogen (secondary N) is 1. The van der Waals surface area contributed by atoms with E-state index in [1.165, 1.54) is 11.3 Å². The Hall–Kier alpha value is -2.04. The van der Waals surface area contributed by atoms with Gasteiger partial charge in [0.15, 0.2) is 0 Å². The second-order valence-corrected chi connectivity index (χ2v) is 9.71. The third-order valence-corrected chi connectivity index (χ3v) is 7.54. The number of hydrogen-bond donors (Lipinski definition) is 1. The predicted molar refractivity (Wildman–Crippen MR) is 110 cm³/mol. The van der Waals surface area contributed by atoms with Crippen LogP contribution in [0.1, 0.15) is 28.9 Å². The van der Waals surface area contributed by atoms with Crippen molar-refractivity contribution in [1.82, 2.24) is 9.97 Å². The number of ether oxygens (including phenoxy) is 2. The molecule has 0 aliphatic carbocycles. The van der Waals surface area contributed by atoms with Gasteiger partial charge in [-0.05, 0) is 24.3 Å². The third-order valence-electron chi connectivity index (χ3n) is 5.40. The molecule has 2 saturated heterocycles. The van der Waals surface area contributed by atoms with E-state index >= 15 is 0 Å². The van der Waals surface area contributed by atoms with Gasteiger partial charge in [-0.3, -0.25) is 4.21 Å². The van der Waals surface area contributed by atoms with Gasteiger partial charge in [-0.15, -0.1) is 0 Å². The molecule has 0 unspecified atom stereocenters. The lowest BCUT2D eigenvalue weighted by atomic mass is 10.1. The first-order valence-corrected chi connectivity index (χ1v) is 12.1. The summed E-state index contributed by atoms with van der Waals surface area (Å²) in [7, 11) is -1.06. The quantitative estimate of drug-likeness (QED) is 0.713. The lowest BCUT2D eigenvalue weighted by Crippen LogP contribution is -2.53. The molecule has 0 amide bonds. The van der Waals surface area contributed by atoms with Crippen LogP contribution < -0.4 is 10.2 Å². The molecule has 2 aromatic heterocycles. The number of hydrogen-bond acceptors (Lipinski definition) is 9. The molecule has 29 heavy (non-hydrogen) atoms. The van der Waals surface area contributed by atoms with Crippen LogP contribution in [0.5, 0.6) is 0 Å². The maximum absolute atomic E-state index is 12.5. The molecule has 5 heterocycles. The van der Waals surface area contributed by atoms with Crippen LogP contribution in [0.15, 0.2) is 21.7 Å². The van der Waals surface area contributed by atoms with Gasteiger partial charge in [0.25, 0.3) is 0 Å². The maximum atomic E-state index is 12.5. The van der Waals surface area contributed by atoms with Crippen LogP contribution in [0.3, 0.4) is 0 Å². The zero-order valence-electron chi connectivity index (χ0n) is 15.8. The van der Waals surface area contributed by atoms with Gasteiger partial charge in [-0.25, -0.2) is 9.78 Å². The summed E-state index contributed by atoms with van der Waals surface area (Å²) < 4.78 is 23.4. The molecule has 3 aliphatic heterocycles. The fraction of sp³-hybridized carbons (Fsp3) is 0.526. The molecule has 0 bridgehead atoms. The second kappa shape index (κ2) is 8.00. The van der Waals surface area contributed by atoms with Crippen molar-refractivity contribution in [3.05, 3.63) is 28.1 Å². The minimum atomic E-state index is -1.06. The minimum Gasteiger partial charge on any atom is -0.455 e. The van der Waals surface area contributed by atoms with Crippen molar-refractivity contribution in [2.75, 3.05) is 42.3 Å². The molecule has 2 fully saturated rings. The van der Waals surface area contributed by atoms with Crippen molar-refractivity contribution < 1.29 is 18.5 Å². The van der Waals surface area contributed by atoms with E-state index in [-0.39, 0.29) is 18.1 Å². The molecule has 0 radical (unpaired) electrons. The van der Waals surface area contributed by atoms with E-state index in [0.717, 1.165) is 36.6 Å². The summed E-state index contributed by atoms with van der Waals surface area (Å²) in [6.07, 6.45) is 2.35. The van der Waals surface area contributed by atoms with Gasteiger partial charge < -0.3 is 19.7 Å². The Kier molecular flexibility index (Phi) is 5.23. The molecule has 0 aromatic carbocycles. The maximum Gasteiger partial charge on any atom is 0.339 e. The smallest absolute Gasteiger partial charge is 0.339 e. The normalized spacial score (nSPS) is 22.2. The molecule has 2 aromatic rings. The van der Waals surface area contributed by atoms with Crippen LogP contribution in [0, 0.1) is 0 Å². The van der Waals surface area contributed by atoms with Crippen molar-refractivity contribution in [3.63, 3.8) is 0 Å². The Morgan fingerprint density at radius 2 is 2.14 bits per heavy atom. The molecule has 0 saturated carbocycles. The van der Waals surface area contributed by atoms with Crippen molar-refractivity contribution in [2.24, 2.45) is 0 Å². The number of aromatic nitrogens is 2. The number of fused-ring (bicyclic) bond motifs is 1. The van der Waals surface area contributed by atoms with Gasteiger partial charge in [0.05, 0.1) is 35.1 Å². The summed E-state index contributed by atoms with van der Waals surface area (Å²) >= 11 is 1.47. The van der Waals surface area contributed by atoms with E-state index in [1.807, 2.05) is 10.3 Å². The Labute approximate surface area is 175 Å². The Morgan fingerprint density at radius 1 is 1.31 bits per heavy atom. The SMILES string of the molecule is O=C(OC1CN(c2nc3c(c(NC4CCOCC4)n2)[S@@](=O)CC3)C1)c1ccsc1. The highest BCUT2D eigenvalue weighted by molar-refractivity contribution is 7.85. The number of rotatable bonds is 5. The van der Waals surface area contributed by atoms with Crippen LogP contribution in [0.2, 0.25) is 0 Å². The number of anilines is 2. The first-order chi connectivity index (χ1) is 14.2. The highest BCUT2D eigenvalue weighted by atomic mass is 32.2. The molecular formula is C19H22N4O4S2. The third kappa shape index (κ3) is 3.88. The summed E-state index contributed by atoms with van der Waals surface area (Å²) in [5.41, 5.74) is 1.45. The average Bonchev–Trinajstić information content (AvgIpc) is 3.35. The van der Waals surface area contributed by atoms with E-state index in [4.69, 9.17) is 14.5 Å². The van der Waals surface area contributed by atoms with Crippen LogP contribution in [0.4, 0.5) is 11.8 Å². The minimum absolute atomic E-state index is 0.166. The van der Waals surface area contributed by atoms with E-state index in [0.29, 0.717) is 42.6 Å². The number of esters is 1. The van der Waals surface area contributed by atoms with Crippen molar-refractivity contribution >= 4 is 39.9 Å². The van der Waals surface area contributed by atoms with Gasteiger partial charge in [-0.2, -0.15) is 16.3 Å². The van der Waals surface area contributed by atoms with Crippen LogP contribution in [-0.4, -0.2) is 64.3 Å². The molecular weight excluding hydrogens is 412 g/mol. The zero-order chi connectivity index (χ0) is 19.8. The van der Waals surface area contributed by atoms with Crippen LogP contribution >= 0.6 is 11.3 Å². The largest absolute Gasteiger partial charge is 0.455 e. The van der Waals surface area contributed by atoms with E-state index in [2.05, 4.69) is 10.3 Å². The Morgan fingerprint density at radius 3 is 2.90 bits per heavy atom. The van der Waals surface area contributed by atoms with E-state index in [1.54, 1.807) is 11.4 Å². The lowest BCUT2D eigenvalue weighted by molar-refractivity contribution is 0.0232. The molecule has 5 rings (SSSR count). The monoisotopic (exact) mass is 434 g/mol. The number of thiophene rings is 1. The van der Waals surface area contributed by atoms with Crippen molar-refractivity contribution in [3.8, 4) is 0 Å². The summed E-state index contributed by atoms with van der Waals surface area (Å²) in [5.74, 6) is 1.60. The van der Waals surface area contributed by atoms with Crippen LogP contribution in [-0.2, 0) is 26.7 Å². The zero-order valence-corrected chi connectivity index (χ0v) is 17.5. The predicted octanol–water partition coefficient (Wildman–Crippen LogP) is 1.84. The van der Waals surface area contributed by atoms with Crippen LogP contribution in [0.25, 0.3) is 0 Å². The molecule has 1 N–H and O–H groups in total. The Balaban J connectivity index is 1.29. The number of carbonyl (C=O) groups is 1. The summed E-state index contributed by atoms with van der Waals surface area (Å²) in [6, 6.07) is 2.03. The van der Waals surface area contributed by atoms with Crippen molar-refractivity contribution in [1.29, 1.82) is 0 Å². The van der Waals surface area contributed by atoms with Gasteiger partial charge >= 0.3 is 5.97 Å². The molecule has 1 atom stereocenters. The van der Waals surface area contributed by atoms with E-state index in [9.17, 15) is 9.00 Å². The summed E-state index contributed by atoms with van der Waals surface area (Å²) in [4.78, 5) is 24.2. The fourth-order valence-electron chi connectivity index (χ4n) is 3.73. The van der Waals surface area contributed by atoms with Gasteiger partial charge in [0.1, 0.15) is 16.8 Å². The fourth-order valence-corrected chi connectivity index (χ4v) is 5.67. The second-order valence-electron chi connectivity index (χ2n) is 7.42. The molecule has 3 aliphatic rings. The molecule has 10 heteroatoms. The average molecular weight is 435 g/mol. The standard InChI is InChI=1S/C19H22N4O4S2/c24-18(12-3-7-28-11-12)27-14-9-23(10-14)19-21-15-4-8-29(25)16(15)17(22-19)20-13-1-5-26-6-2-13/h3,7,11,13-14H,1-2,4-6,8-10H2,(H,20,21,22)/t29-/m0/s1. The van der Waals surface area contributed by atoms with Crippen molar-refractivity contribution in [2.45, 2.75) is 36.3 Å². The number of nitrogens with zero attached hydrogens (tertiary/aromatic N) is 3. The first kappa shape index (κ1) is 19.0. The summed E-state index contributed by atoms with van der Waals surface area (Å²) in [6.45, 7) is 2.58. The van der Waals surface area contributed by atoms with Gasteiger partial charge in [-0.1, -0.05) is 0 Å². The Bertz CT molecular complexity index is 925. The first-order valence-electron chi connectivity index (χ1n) is 9.79. The molecule has 0 spiro atoms. The highest BCUT2D eigenvalue weighted by Gasteiger charge is 2.35. The summed E-state index contributed by atoms with van der Waals surface area (Å²) in [5, 5.41) is 7.13. The van der Waals surface area contributed by atoms with Gasteiger partial charge in [0, 0.05) is 36.8 Å². The highest BCUT2D eigenvalue weighted by Crippen LogP contribution is 2.32.